The Morgan fingerprint density at radius 1 is 1.00 bits per heavy atom. The first kappa shape index (κ1) is 29.6. The van der Waals surface area contributed by atoms with E-state index < -0.39 is 38.4 Å². The lowest BCUT2D eigenvalue weighted by Gasteiger charge is -2.33. The van der Waals surface area contributed by atoms with Crippen LogP contribution in [0.5, 0.6) is 11.5 Å². The predicted octanol–water partition coefficient (Wildman–Crippen LogP) is 6.60. The van der Waals surface area contributed by atoms with Crippen LogP contribution in [0.25, 0.3) is 11.1 Å². The van der Waals surface area contributed by atoms with Crippen molar-refractivity contribution < 1.29 is 40.0 Å². The molecule has 2 aliphatic heterocycles. The fraction of sp³-hybridized carbons (Fsp3) is 0.355. The molecule has 0 saturated carbocycles. The van der Waals surface area contributed by atoms with Crippen LogP contribution in [0.1, 0.15) is 67.2 Å². The topological polar surface area (TPSA) is 91.3 Å². The molecule has 0 radical (unpaired) electrons. The van der Waals surface area contributed by atoms with Gasteiger partial charge < -0.3 is 13.7 Å². The molecule has 0 fully saturated rings. The monoisotopic (exact) mass is 601 g/mol. The third-order valence-electron chi connectivity index (χ3n) is 7.27. The summed E-state index contributed by atoms with van der Waals surface area (Å²) in [5, 5.41) is 0. The number of fused-ring (bicyclic) bond motifs is 3. The maximum atomic E-state index is 13.3. The molecule has 0 spiro atoms. The van der Waals surface area contributed by atoms with Gasteiger partial charge in [-0.05, 0) is 61.7 Å². The number of rotatable bonds is 6. The van der Waals surface area contributed by atoms with Gasteiger partial charge in [0.15, 0.2) is 11.5 Å². The van der Waals surface area contributed by atoms with Crippen molar-refractivity contribution in [3.8, 4) is 22.6 Å². The summed E-state index contributed by atoms with van der Waals surface area (Å²) < 4.78 is 79.6. The fourth-order valence-electron chi connectivity index (χ4n) is 5.28. The molecule has 0 saturated heterocycles. The van der Waals surface area contributed by atoms with Crippen molar-refractivity contribution in [3.05, 3.63) is 82.4 Å². The van der Waals surface area contributed by atoms with Crippen LogP contribution in [0.3, 0.4) is 0 Å². The van der Waals surface area contributed by atoms with Crippen LogP contribution in [-0.2, 0) is 26.7 Å². The molecule has 3 aromatic rings. The molecular formula is C31H30F3NO6S. The number of aliphatic imine (C=N–C) groups is 1. The molecule has 0 aromatic heterocycles. The molecule has 0 aliphatic carbocycles. The van der Waals surface area contributed by atoms with Crippen LogP contribution in [-0.4, -0.2) is 44.4 Å². The quantitative estimate of drug-likeness (QED) is 0.180. The van der Waals surface area contributed by atoms with Gasteiger partial charge >= 0.3 is 21.6 Å². The number of esters is 1. The number of benzene rings is 3. The van der Waals surface area contributed by atoms with E-state index in [1.807, 2.05) is 50.2 Å². The number of carbonyl (C=O) groups excluding carboxylic acids is 1. The molecule has 222 valence electrons. The van der Waals surface area contributed by atoms with E-state index in [-0.39, 0.29) is 12.4 Å². The highest BCUT2D eigenvalue weighted by molar-refractivity contribution is 7.88. The van der Waals surface area contributed by atoms with Gasteiger partial charge in [0.05, 0.1) is 17.9 Å². The highest BCUT2D eigenvalue weighted by Gasteiger charge is 2.50. The van der Waals surface area contributed by atoms with Gasteiger partial charge in [-0.15, -0.1) is 0 Å². The second kappa shape index (κ2) is 10.1. The van der Waals surface area contributed by atoms with E-state index in [2.05, 4.69) is 4.18 Å². The summed E-state index contributed by atoms with van der Waals surface area (Å²) in [6, 6.07) is 16.0. The smallest absolute Gasteiger partial charge is 0.483 e. The molecule has 0 atom stereocenters. The summed E-state index contributed by atoms with van der Waals surface area (Å²) in [6.07, 6.45) is 0.304. The first-order valence-corrected chi connectivity index (χ1v) is 14.8. The molecule has 0 bridgehead atoms. The maximum absolute atomic E-state index is 13.3. The van der Waals surface area contributed by atoms with E-state index in [0.717, 1.165) is 16.7 Å². The third-order valence-corrected chi connectivity index (χ3v) is 8.24. The Morgan fingerprint density at radius 2 is 1.67 bits per heavy atom. The molecule has 42 heavy (non-hydrogen) atoms. The van der Waals surface area contributed by atoms with Gasteiger partial charge in [-0.3, -0.25) is 4.99 Å². The molecule has 5 rings (SSSR count). The molecule has 3 aromatic carbocycles. The first-order valence-electron chi connectivity index (χ1n) is 13.4. The summed E-state index contributed by atoms with van der Waals surface area (Å²) in [7, 11) is -5.93. The minimum atomic E-state index is -5.93. The van der Waals surface area contributed by atoms with Gasteiger partial charge in [0.25, 0.3) is 0 Å². The summed E-state index contributed by atoms with van der Waals surface area (Å²) in [6.45, 7) is 9.65. The van der Waals surface area contributed by atoms with E-state index in [9.17, 15) is 26.4 Å². The van der Waals surface area contributed by atoms with Crippen molar-refractivity contribution in [1.82, 2.24) is 0 Å². The molecule has 2 aliphatic rings. The number of ether oxygens (including phenoxy) is 2. The van der Waals surface area contributed by atoms with Crippen molar-refractivity contribution in [2.75, 3.05) is 13.2 Å². The molecule has 0 N–H and O–H groups in total. The van der Waals surface area contributed by atoms with E-state index in [4.69, 9.17) is 14.5 Å². The Morgan fingerprint density at radius 3 is 2.31 bits per heavy atom. The average molecular weight is 602 g/mol. The lowest BCUT2D eigenvalue weighted by molar-refractivity contribution is -0.0500. The Balaban J connectivity index is 1.62. The molecule has 7 nitrogen and oxygen atoms in total. The van der Waals surface area contributed by atoms with Crippen molar-refractivity contribution in [2.24, 2.45) is 4.99 Å². The number of alkyl halides is 3. The van der Waals surface area contributed by atoms with Crippen LogP contribution >= 0.6 is 0 Å². The molecule has 0 unspecified atom stereocenters. The molecular weight excluding hydrogens is 571 g/mol. The number of hydrogen-bond acceptors (Lipinski definition) is 7. The minimum absolute atomic E-state index is 0.0392. The van der Waals surface area contributed by atoms with Crippen LogP contribution in [0, 0.1) is 0 Å². The van der Waals surface area contributed by atoms with E-state index in [1.54, 1.807) is 32.9 Å². The van der Waals surface area contributed by atoms with Crippen LogP contribution in [0.4, 0.5) is 13.2 Å². The summed E-state index contributed by atoms with van der Waals surface area (Å²) in [5.41, 5.74) is -1.66. The SMILES string of the molecule is CCOC(=O)c1ccc(-c2cccc(C3=NCC(C)(C)c4cc(OS(=O)(=O)C(F)(F)F)c5c(c43)CC(C)(C)O5)c2)cc1. The summed E-state index contributed by atoms with van der Waals surface area (Å²) in [5.74, 6) is -0.932. The lowest BCUT2D eigenvalue weighted by Crippen LogP contribution is -2.32. The second-order valence-corrected chi connectivity index (χ2v) is 13.1. The average Bonchev–Trinajstić information content (AvgIpc) is 3.24. The standard InChI is InChI=1S/C31H30F3NO6S/c1-6-39-28(36)19-12-10-18(11-13-19)20-8-7-9-21(14-20)26-25-22-16-30(4,5)40-27(22)24(41-42(37,38)31(32,33)34)15-23(25)29(2,3)17-35-26/h7-15H,6,16-17H2,1-5H3. The number of carbonyl (C=O) groups is 1. The largest absolute Gasteiger partial charge is 0.534 e. The van der Waals surface area contributed by atoms with Crippen molar-refractivity contribution in [1.29, 1.82) is 0 Å². The summed E-state index contributed by atoms with van der Waals surface area (Å²) in [4.78, 5) is 17.0. The Hall–Kier alpha value is -3.86. The van der Waals surface area contributed by atoms with Gasteiger partial charge in [-0.1, -0.05) is 44.2 Å². The number of nitrogens with zero attached hydrogens (tertiary/aromatic N) is 1. The highest BCUT2D eigenvalue weighted by atomic mass is 32.2. The van der Waals surface area contributed by atoms with Gasteiger partial charge in [-0.2, -0.15) is 21.6 Å². The number of halogens is 3. The Bertz CT molecular complexity index is 1710. The van der Waals surface area contributed by atoms with Gasteiger partial charge in [-0.25, -0.2) is 4.79 Å². The number of hydrogen-bond donors (Lipinski definition) is 0. The summed E-state index contributed by atoms with van der Waals surface area (Å²) >= 11 is 0. The van der Waals surface area contributed by atoms with Crippen molar-refractivity contribution in [3.63, 3.8) is 0 Å². The van der Waals surface area contributed by atoms with Gasteiger partial charge in [0.1, 0.15) is 5.60 Å². The van der Waals surface area contributed by atoms with Crippen LogP contribution < -0.4 is 8.92 Å². The molecule has 11 heteroatoms. The molecule has 0 amide bonds. The second-order valence-electron chi connectivity index (χ2n) is 11.6. The van der Waals surface area contributed by atoms with E-state index in [1.165, 1.54) is 6.07 Å². The lowest BCUT2D eigenvalue weighted by atomic mass is 9.74. The zero-order chi connectivity index (χ0) is 30.7. The zero-order valence-electron chi connectivity index (χ0n) is 23.8. The Labute approximate surface area is 242 Å². The van der Waals surface area contributed by atoms with Crippen molar-refractivity contribution in [2.45, 2.75) is 57.6 Å². The third kappa shape index (κ3) is 5.37. The van der Waals surface area contributed by atoms with Crippen molar-refractivity contribution >= 4 is 21.8 Å². The predicted molar refractivity (Wildman–Crippen MR) is 152 cm³/mol. The van der Waals surface area contributed by atoms with Gasteiger partial charge in [0.2, 0.25) is 0 Å². The molecule has 2 heterocycles. The maximum Gasteiger partial charge on any atom is 0.534 e. The fourth-order valence-corrected chi connectivity index (χ4v) is 5.73. The van der Waals surface area contributed by atoms with E-state index in [0.29, 0.717) is 40.9 Å². The van der Waals surface area contributed by atoms with Crippen LogP contribution in [0.2, 0.25) is 0 Å². The van der Waals surface area contributed by atoms with Gasteiger partial charge in [0, 0.05) is 35.1 Å². The highest BCUT2D eigenvalue weighted by Crippen LogP contribution is 2.50. The minimum Gasteiger partial charge on any atom is -0.483 e. The zero-order valence-corrected chi connectivity index (χ0v) is 24.6. The normalized spacial score (nSPS) is 17.0. The Kier molecular flexibility index (Phi) is 7.16. The van der Waals surface area contributed by atoms with Crippen LogP contribution in [0.15, 0.2) is 59.6 Å². The van der Waals surface area contributed by atoms with E-state index >= 15 is 0 Å². The first-order chi connectivity index (χ1) is 19.5.